The average molecular weight is 265 g/mol. The highest BCUT2D eigenvalue weighted by atomic mass is 16.5. The van der Waals surface area contributed by atoms with Crippen molar-refractivity contribution < 1.29 is 14.1 Å². The van der Waals surface area contributed by atoms with Gasteiger partial charge in [0.15, 0.2) is 5.82 Å². The first-order valence-corrected chi connectivity index (χ1v) is 6.80. The fourth-order valence-corrected chi connectivity index (χ4v) is 3.59. The van der Waals surface area contributed by atoms with Gasteiger partial charge in [0.05, 0.1) is 13.7 Å². The predicted molar refractivity (Wildman–Crippen MR) is 66.1 cm³/mol. The van der Waals surface area contributed by atoms with Crippen molar-refractivity contribution in [3.8, 4) is 0 Å². The van der Waals surface area contributed by atoms with E-state index >= 15 is 0 Å². The van der Waals surface area contributed by atoms with E-state index in [0.29, 0.717) is 30.1 Å². The Morgan fingerprint density at radius 3 is 3.05 bits per heavy atom. The van der Waals surface area contributed by atoms with Gasteiger partial charge in [-0.25, -0.2) is 0 Å². The third kappa shape index (κ3) is 2.25. The van der Waals surface area contributed by atoms with Gasteiger partial charge >= 0.3 is 5.97 Å². The quantitative estimate of drug-likeness (QED) is 0.764. The van der Waals surface area contributed by atoms with E-state index in [4.69, 9.17) is 9.26 Å². The molecule has 2 fully saturated rings. The smallest absolute Gasteiger partial charge is 0.323 e. The molecule has 3 atom stereocenters. The van der Waals surface area contributed by atoms with Crippen molar-refractivity contribution in [2.45, 2.75) is 38.8 Å². The third-order valence-corrected chi connectivity index (χ3v) is 4.34. The number of hydrogen-bond donors (Lipinski definition) is 0. The van der Waals surface area contributed by atoms with Crippen molar-refractivity contribution in [3.05, 3.63) is 11.7 Å². The van der Waals surface area contributed by atoms with Gasteiger partial charge in [-0.05, 0) is 24.7 Å². The number of hydrogen-bond acceptors (Lipinski definition) is 6. The van der Waals surface area contributed by atoms with Crippen LogP contribution in [0, 0.1) is 18.8 Å². The predicted octanol–water partition coefficient (Wildman–Crippen LogP) is 1.15. The topological polar surface area (TPSA) is 68.5 Å². The second kappa shape index (κ2) is 4.92. The summed E-state index contributed by atoms with van der Waals surface area (Å²) in [6, 6.07) is -0.142. The van der Waals surface area contributed by atoms with Gasteiger partial charge in [0.2, 0.25) is 5.89 Å². The molecule has 19 heavy (non-hydrogen) atoms. The Morgan fingerprint density at radius 2 is 2.37 bits per heavy atom. The maximum absolute atomic E-state index is 12.0. The summed E-state index contributed by atoms with van der Waals surface area (Å²) in [7, 11) is 1.46. The third-order valence-electron chi connectivity index (χ3n) is 4.34. The molecule has 1 aliphatic carbocycles. The highest BCUT2D eigenvalue weighted by Crippen LogP contribution is 2.42. The second-order valence-electron chi connectivity index (χ2n) is 5.48. The lowest BCUT2D eigenvalue weighted by Crippen LogP contribution is -2.40. The van der Waals surface area contributed by atoms with Gasteiger partial charge in [0, 0.05) is 13.5 Å². The molecule has 1 aliphatic heterocycles. The summed E-state index contributed by atoms with van der Waals surface area (Å²) in [5.74, 6) is 2.11. The molecule has 0 radical (unpaired) electrons. The number of ether oxygens (including phenoxy) is 1. The molecular weight excluding hydrogens is 246 g/mol. The normalized spacial score (nSPS) is 30.5. The zero-order chi connectivity index (χ0) is 13.4. The molecule has 2 aliphatic rings. The van der Waals surface area contributed by atoms with Crippen LogP contribution < -0.4 is 0 Å². The SMILES string of the molecule is COC(=O)[C@H]1[C@H]2CCC[C@@H]2CN1Cc1noc(C)n1. The number of nitrogens with zero attached hydrogens (tertiary/aromatic N) is 3. The van der Waals surface area contributed by atoms with E-state index in [2.05, 4.69) is 15.0 Å². The minimum absolute atomic E-state index is 0.130. The summed E-state index contributed by atoms with van der Waals surface area (Å²) in [6.45, 7) is 3.26. The average Bonchev–Trinajstić information content (AvgIpc) is 3.05. The Balaban J connectivity index is 1.77. The van der Waals surface area contributed by atoms with Crippen LogP contribution in [0.1, 0.15) is 31.0 Å². The lowest BCUT2D eigenvalue weighted by Gasteiger charge is -2.24. The van der Waals surface area contributed by atoms with E-state index in [0.717, 1.165) is 13.0 Å². The zero-order valence-electron chi connectivity index (χ0n) is 11.3. The number of methoxy groups -OCH3 is 1. The Bertz CT molecular complexity index is 473. The molecule has 0 spiro atoms. The lowest BCUT2D eigenvalue weighted by atomic mass is 9.94. The molecule has 0 aromatic carbocycles. The van der Waals surface area contributed by atoms with Gasteiger partial charge in [0.1, 0.15) is 6.04 Å². The molecule has 1 saturated carbocycles. The van der Waals surface area contributed by atoms with Crippen molar-refractivity contribution in [2.75, 3.05) is 13.7 Å². The van der Waals surface area contributed by atoms with Gasteiger partial charge in [-0.15, -0.1) is 0 Å². The first-order chi connectivity index (χ1) is 9.19. The monoisotopic (exact) mass is 265 g/mol. The van der Waals surface area contributed by atoms with Gasteiger partial charge < -0.3 is 9.26 Å². The van der Waals surface area contributed by atoms with Crippen LogP contribution in [-0.4, -0.2) is 40.7 Å². The molecule has 0 bridgehead atoms. The van der Waals surface area contributed by atoms with Crippen LogP contribution in [-0.2, 0) is 16.1 Å². The summed E-state index contributed by atoms with van der Waals surface area (Å²) >= 11 is 0. The number of carbonyl (C=O) groups excluding carboxylic acids is 1. The number of fused-ring (bicyclic) bond motifs is 1. The summed E-state index contributed by atoms with van der Waals surface area (Å²) < 4.78 is 9.96. The van der Waals surface area contributed by atoms with Gasteiger partial charge in [-0.1, -0.05) is 11.6 Å². The molecule has 1 aromatic heterocycles. The molecule has 2 heterocycles. The Kier molecular flexibility index (Phi) is 3.26. The number of carbonyl (C=O) groups is 1. The van der Waals surface area contributed by atoms with E-state index in [1.165, 1.54) is 20.0 Å². The van der Waals surface area contributed by atoms with Crippen LogP contribution in [0.2, 0.25) is 0 Å². The number of esters is 1. The first kappa shape index (κ1) is 12.6. The van der Waals surface area contributed by atoms with Crippen molar-refractivity contribution in [2.24, 2.45) is 11.8 Å². The van der Waals surface area contributed by atoms with Crippen LogP contribution in [0.5, 0.6) is 0 Å². The minimum Gasteiger partial charge on any atom is -0.468 e. The molecule has 1 aromatic rings. The van der Waals surface area contributed by atoms with E-state index in [9.17, 15) is 4.79 Å². The zero-order valence-corrected chi connectivity index (χ0v) is 11.3. The fourth-order valence-electron chi connectivity index (χ4n) is 3.59. The fraction of sp³-hybridized carbons (Fsp3) is 0.769. The molecule has 0 unspecified atom stereocenters. The summed E-state index contributed by atoms with van der Waals surface area (Å²) in [4.78, 5) is 18.4. The largest absolute Gasteiger partial charge is 0.468 e. The van der Waals surface area contributed by atoms with E-state index in [1.54, 1.807) is 6.92 Å². The van der Waals surface area contributed by atoms with Gasteiger partial charge in [-0.3, -0.25) is 9.69 Å². The molecule has 1 saturated heterocycles. The van der Waals surface area contributed by atoms with E-state index < -0.39 is 0 Å². The van der Waals surface area contributed by atoms with Crippen LogP contribution in [0.4, 0.5) is 0 Å². The van der Waals surface area contributed by atoms with E-state index in [-0.39, 0.29) is 12.0 Å². The van der Waals surface area contributed by atoms with Crippen molar-refractivity contribution in [1.29, 1.82) is 0 Å². The second-order valence-corrected chi connectivity index (χ2v) is 5.48. The maximum atomic E-state index is 12.0. The molecule has 104 valence electrons. The van der Waals surface area contributed by atoms with E-state index in [1.807, 2.05) is 0 Å². The van der Waals surface area contributed by atoms with Crippen molar-refractivity contribution in [1.82, 2.24) is 15.0 Å². The van der Waals surface area contributed by atoms with Gasteiger partial charge in [0.25, 0.3) is 0 Å². The summed E-state index contributed by atoms with van der Waals surface area (Å²) in [5, 5.41) is 3.91. The molecule has 3 rings (SSSR count). The molecule has 0 N–H and O–H groups in total. The lowest BCUT2D eigenvalue weighted by molar-refractivity contribution is -0.147. The number of rotatable bonds is 3. The number of likely N-dealkylation sites (tertiary alicyclic amines) is 1. The highest BCUT2D eigenvalue weighted by molar-refractivity contribution is 5.76. The molecule has 6 heteroatoms. The minimum atomic E-state index is -0.142. The Hall–Kier alpha value is -1.43. The standard InChI is InChI=1S/C13H19N3O3/c1-8-14-11(15-19-8)7-16-6-9-4-3-5-10(9)12(16)13(17)18-2/h9-10,12H,3-7H2,1-2H3/t9-,10+,12-/m1/s1. The number of aryl methyl sites for hydroxylation is 1. The van der Waals surface area contributed by atoms with Crippen molar-refractivity contribution in [3.63, 3.8) is 0 Å². The van der Waals surface area contributed by atoms with Crippen LogP contribution >= 0.6 is 0 Å². The Labute approximate surface area is 112 Å². The molecule has 6 nitrogen and oxygen atoms in total. The molecular formula is C13H19N3O3. The first-order valence-electron chi connectivity index (χ1n) is 6.80. The van der Waals surface area contributed by atoms with Gasteiger partial charge in [-0.2, -0.15) is 4.98 Å². The Morgan fingerprint density at radius 1 is 1.53 bits per heavy atom. The summed E-state index contributed by atoms with van der Waals surface area (Å²) in [6.07, 6.45) is 3.55. The van der Waals surface area contributed by atoms with Crippen LogP contribution in [0.3, 0.4) is 0 Å². The van der Waals surface area contributed by atoms with Crippen molar-refractivity contribution >= 4 is 5.97 Å². The highest BCUT2D eigenvalue weighted by Gasteiger charge is 2.48. The molecule has 0 amide bonds. The maximum Gasteiger partial charge on any atom is 0.323 e. The van der Waals surface area contributed by atoms with Crippen LogP contribution in [0.15, 0.2) is 4.52 Å². The summed E-state index contributed by atoms with van der Waals surface area (Å²) in [5.41, 5.74) is 0. The number of aromatic nitrogens is 2. The van der Waals surface area contributed by atoms with Crippen LogP contribution in [0.25, 0.3) is 0 Å².